The molecule has 1 heterocycles. The number of rotatable bonds is 6. The van der Waals surface area contributed by atoms with Crippen molar-refractivity contribution in [1.29, 1.82) is 0 Å². The van der Waals surface area contributed by atoms with E-state index < -0.39 is 9.84 Å². The maximum Gasteiger partial charge on any atom is 0.150 e. The second-order valence-corrected chi connectivity index (χ2v) is 6.54. The van der Waals surface area contributed by atoms with Crippen molar-refractivity contribution in [2.24, 2.45) is 0 Å². The molecule has 0 unspecified atom stereocenters. The van der Waals surface area contributed by atoms with E-state index in [1.165, 1.54) is 0 Å². The zero-order chi connectivity index (χ0) is 12.0. The van der Waals surface area contributed by atoms with Crippen molar-refractivity contribution in [1.82, 2.24) is 4.98 Å². The van der Waals surface area contributed by atoms with Crippen LogP contribution >= 0.6 is 15.9 Å². The van der Waals surface area contributed by atoms with Crippen LogP contribution in [0.5, 0.6) is 5.75 Å². The Hall–Kier alpha value is -0.620. The van der Waals surface area contributed by atoms with E-state index in [1.807, 2.05) is 0 Å². The molecule has 0 saturated heterocycles. The summed E-state index contributed by atoms with van der Waals surface area (Å²) in [6.07, 6.45) is 2.10. The van der Waals surface area contributed by atoms with Crippen LogP contribution in [0.25, 0.3) is 0 Å². The highest BCUT2D eigenvalue weighted by Gasteiger charge is 2.06. The Balaban J connectivity index is 2.29. The summed E-state index contributed by atoms with van der Waals surface area (Å²) < 4.78 is 28.5. The molecule has 0 aromatic carbocycles. The highest BCUT2D eigenvalue weighted by atomic mass is 79.9. The van der Waals surface area contributed by atoms with Gasteiger partial charge in [0.1, 0.15) is 20.2 Å². The number of halogens is 1. The zero-order valence-electron chi connectivity index (χ0n) is 9.02. The van der Waals surface area contributed by atoms with E-state index in [0.29, 0.717) is 18.8 Å². The van der Waals surface area contributed by atoms with Crippen LogP contribution in [0.3, 0.4) is 0 Å². The molecule has 0 N–H and O–H groups in total. The SMILES string of the molecule is CCS(=O)(=O)CCCOc1ccc(Br)nc1. The standard InChI is InChI=1S/C10H14BrNO3S/c1-2-16(13,14)7-3-6-15-9-4-5-10(11)12-8-9/h4-5,8H,2-3,6-7H2,1H3. The van der Waals surface area contributed by atoms with Gasteiger partial charge in [-0.2, -0.15) is 0 Å². The van der Waals surface area contributed by atoms with Crippen molar-refractivity contribution in [2.45, 2.75) is 13.3 Å². The highest BCUT2D eigenvalue weighted by Crippen LogP contribution is 2.12. The lowest BCUT2D eigenvalue weighted by Gasteiger charge is -2.05. The van der Waals surface area contributed by atoms with E-state index in [4.69, 9.17) is 4.74 Å². The summed E-state index contributed by atoms with van der Waals surface area (Å²) in [5.41, 5.74) is 0. The number of pyridine rings is 1. The lowest BCUT2D eigenvalue weighted by molar-refractivity contribution is 0.316. The van der Waals surface area contributed by atoms with Crippen molar-refractivity contribution in [2.75, 3.05) is 18.1 Å². The zero-order valence-corrected chi connectivity index (χ0v) is 11.4. The van der Waals surface area contributed by atoms with E-state index in [9.17, 15) is 8.42 Å². The van der Waals surface area contributed by atoms with Crippen LogP contribution in [-0.2, 0) is 9.84 Å². The third kappa shape index (κ3) is 4.94. The summed E-state index contributed by atoms with van der Waals surface area (Å²) in [5, 5.41) is 0. The highest BCUT2D eigenvalue weighted by molar-refractivity contribution is 9.10. The summed E-state index contributed by atoms with van der Waals surface area (Å²) in [4.78, 5) is 4.00. The second kappa shape index (κ2) is 6.20. The summed E-state index contributed by atoms with van der Waals surface area (Å²) in [5.74, 6) is 1.01. The van der Waals surface area contributed by atoms with Crippen molar-refractivity contribution in [3.05, 3.63) is 22.9 Å². The molecular formula is C10H14BrNO3S. The molecule has 90 valence electrons. The van der Waals surface area contributed by atoms with Crippen molar-refractivity contribution in [3.8, 4) is 5.75 Å². The lowest BCUT2D eigenvalue weighted by atomic mass is 10.4. The van der Waals surface area contributed by atoms with E-state index in [0.717, 1.165) is 4.60 Å². The smallest absolute Gasteiger partial charge is 0.150 e. The van der Waals surface area contributed by atoms with Gasteiger partial charge < -0.3 is 4.74 Å². The average molecular weight is 308 g/mol. The molecular weight excluding hydrogens is 294 g/mol. The predicted octanol–water partition coefficient (Wildman–Crippen LogP) is 2.05. The molecule has 0 spiro atoms. The maximum absolute atomic E-state index is 11.2. The predicted molar refractivity (Wildman–Crippen MR) is 66.4 cm³/mol. The van der Waals surface area contributed by atoms with Crippen molar-refractivity contribution >= 4 is 25.8 Å². The molecule has 1 aromatic heterocycles. The molecule has 1 aromatic rings. The van der Waals surface area contributed by atoms with E-state index in [1.54, 1.807) is 25.3 Å². The minimum atomic E-state index is -2.88. The Kier molecular flexibility index (Phi) is 5.21. The first-order chi connectivity index (χ1) is 7.53. The van der Waals surface area contributed by atoms with Crippen LogP contribution in [0.1, 0.15) is 13.3 Å². The molecule has 6 heteroatoms. The molecule has 0 aliphatic carbocycles. The molecule has 1 rings (SSSR count). The molecule has 0 fully saturated rings. The first-order valence-electron chi connectivity index (χ1n) is 4.98. The van der Waals surface area contributed by atoms with Gasteiger partial charge in [0.15, 0.2) is 0 Å². The summed E-state index contributed by atoms with van der Waals surface area (Å²) in [7, 11) is -2.88. The third-order valence-corrected chi connectivity index (χ3v) is 4.27. The molecule has 0 radical (unpaired) electrons. The van der Waals surface area contributed by atoms with Gasteiger partial charge in [-0.05, 0) is 34.5 Å². The fraction of sp³-hybridized carbons (Fsp3) is 0.500. The van der Waals surface area contributed by atoms with Crippen LogP contribution in [0, 0.1) is 0 Å². The Morgan fingerprint density at radius 1 is 1.44 bits per heavy atom. The molecule has 0 bridgehead atoms. The maximum atomic E-state index is 11.2. The fourth-order valence-corrected chi connectivity index (χ4v) is 2.14. The van der Waals surface area contributed by atoms with E-state index in [-0.39, 0.29) is 11.5 Å². The largest absolute Gasteiger partial charge is 0.492 e. The van der Waals surface area contributed by atoms with E-state index in [2.05, 4.69) is 20.9 Å². The number of aromatic nitrogens is 1. The van der Waals surface area contributed by atoms with Gasteiger partial charge in [-0.15, -0.1) is 0 Å². The first kappa shape index (κ1) is 13.4. The molecule has 16 heavy (non-hydrogen) atoms. The van der Waals surface area contributed by atoms with Crippen molar-refractivity contribution < 1.29 is 13.2 Å². The monoisotopic (exact) mass is 307 g/mol. The molecule has 0 aliphatic heterocycles. The Bertz CT molecular complexity index is 416. The lowest BCUT2D eigenvalue weighted by Crippen LogP contribution is -2.11. The van der Waals surface area contributed by atoms with Gasteiger partial charge in [0, 0.05) is 5.75 Å². The Morgan fingerprint density at radius 2 is 2.19 bits per heavy atom. The minimum Gasteiger partial charge on any atom is -0.492 e. The molecule has 0 amide bonds. The number of sulfone groups is 1. The van der Waals surface area contributed by atoms with Gasteiger partial charge >= 0.3 is 0 Å². The minimum absolute atomic E-state index is 0.174. The number of hydrogen-bond acceptors (Lipinski definition) is 4. The Morgan fingerprint density at radius 3 is 2.75 bits per heavy atom. The molecule has 4 nitrogen and oxygen atoms in total. The van der Waals surface area contributed by atoms with Crippen LogP contribution in [0.2, 0.25) is 0 Å². The van der Waals surface area contributed by atoms with Gasteiger partial charge in [0.2, 0.25) is 0 Å². The number of nitrogens with zero attached hydrogens (tertiary/aromatic N) is 1. The van der Waals surface area contributed by atoms with Gasteiger partial charge in [0.25, 0.3) is 0 Å². The van der Waals surface area contributed by atoms with Gasteiger partial charge in [-0.1, -0.05) is 6.92 Å². The van der Waals surface area contributed by atoms with Gasteiger partial charge in [0.05, 0.1) is 18.6 Å². The first-order valence-corrected chi connectivity index (χ1v) is 7.60. The summed E-state index contributed by atoms with van der Waals surface area (Å²) in [6, 6.07) is 3.56. The van der Waals surface area contributed by atoms with Crippen LogP contribution in [0.15, 0.2) is 22.9 Å². The molecule has 0 atom stereocenters. The van der Waals surface area contributed by atoms with Crippen LogP contribution < -0.4 is 4.74 Å². The van der Waals surface area contributed by atoms with E-state index >= 15 is 0 Å². The third-order valence-electron chi connectivity index (χ3n) is 2.01. The van der Waals surface area contributed by atoms with Crippen LogP contribution in [-0.4, -0.2) is 31.5 Å². The normalized spacial score (nSPS) is 11.4. The van der Waals surface area contributed by atoms with Crippen molar-refractivity contribution in [3.63, 3.8) is 0 Å². The average Bonchev–Trinajstić information content (AvgIpc) is 2.27. The summed E-state index contributed by atoms with van der Waals surface area (Å²) in [6.45, 7) is 2.04. The fourth-order valence-electron chi connectivity index (χ4n) is 1.06. The Labute approximate surface area is 104 Å². The van der Waals surface area contributed by atoms with Gasteiger partial charge in [-0.3, -0.25) is 0 Å². The number of ether oxygens (including phenoxy) is 1. The molecule has 0 aliphatic rings. The quantitative estimate of drug-likeness (QED) is 0.596. The van der Waals surface area contributed by atoms with Crippen LogP contribution in [0.4, 0.5) is 0 Å². The second-order valence-electron chi connectivity index (χ2n) is 3.26. The van der Waals surface area contributed by atoms with Gasteiger partial charge in [-0.25, -0.2) is 13.4 Å². The molecule has 0 saturated carbocycles. The topological polar surface area (TPSA) is 56.3 Å². The summed E-state index contributed by atoms with van der Waals surface area (Å²) >= 11 is 3.22. The number of hydrogen-bond donors (Lipinski definition) is 0.